The van der Waals surface area contributed by atoms with E-state index in [1.807, 2.05) is 13.8 Å². The second-order valence-electron chi connectivity index (χ2n) is 5.79. The lowest BCUT2D eigenvalue weighted by atomic mass is 9.91. The number of nitrogens with zero attached hydrogens (tertiary/aromatic N) is 2. The molecule has 0 aromatic heterocycles. The molecule has 0 aromatic carbocycles. The van der Waals surface area contributed by atoms with E-state index in [4.69, 9.17) is 5.26 Å². The molecular formula is C14H27N3. The van der Waals surface area contributed by atoms with Crippen LogP contribution in [0, 0.1) is 16.7 Å². The maximum atomic E-state index is 9.02. The predicted octanol–water partition coefficient (Wildman–Crippen LogP) is 2.39. The van der Waals surface area contributed by atoms with Crippen LogP contribution in [0.2, 0.25) is 0 Å². The zero-order valence-corrected chi connectivity index (χ0v) is 11.6. The molecule has 0 aromatic rings. The normalized spacial score (nSPS) is 21.5. The van der Waals surface area contributed by atoms with Crippen LogP contribution in [0.5, 0.6) is 0 Å². The molecule has 3 heteroatoms. The minimum Gasteiger partial charge on any atom is -0.313 e. The second-order valence-corrected chi connectivity index (χ2v) is 5.79. The Kier molecular flexibility index (Phi) is 5.94. The number of hydrogen-bond donors (Lipinski definition) is 1. The molecule has 1 rings (SSSR count). The van der Waals surface area contributed by atoms with E-state index >= 15 is 0 Å². The van der Waals surface area contributed by atoms with Crippen molar-refractivity contribution in [3.63, 3.8) is 0 Å². The van der Waals surface area contributed by atoms with Crippen molar-refractivity contribution in [2.24, 2.45) is 5.41 Å². The number of hydrogen-bond acceptors (Lipinski definition) is 3. The molecule has 1 heterocycles. The van der Waals surface area contributed by atoms with E-state index in [-0.39, 0.29) is 5.41 Å². The van der Waals surface area contributed by atoms with E-state index < -0.39 is 0 Å². The van der Waals surface area contributed by atoms with Gasteiger partial charge in [0.25, 0.3) is 0 Å². The minimum atomic E-state index is -0.187. The van der Waals surface area contributed by atoms with E-state index in [0.717, 1.165) is 26.1 Å². The minimum absolute atomic E-state index is 0.187. The Bertz CT molecular complexity index is 249. The topological polar surface area (TPSA) is 39.1 Å². The van der Waals surface area contributed by atoms with Crippen LogP contribution in [0.15, 0.2) is 0 Å². The Balaban J connectivity index is 2.30. The molecule has 1 N–H and O–H groups in total. The van der Waals surface area contributed by atoms with Gasteiger partial charge in [0.05, 0.1) is 11.5 Å². The van der Waals surface area contributed by atoms with Gasteiger partial charge >= 0.3 is 0 Å². The van der Waals surface area contributed by atoms with Gasteiger partial charge < -0.3 is 10.2 Å². The summed E-state index contributed by atoms with van der Waals surface area (Å²) in [5.74, 6) is 0. The van der Waals surface area contributed by atoms with Crippen LogP contribution in [-0.2, 0) is 0 Å². The Morgan fingerprint density at radius 2 is 2.18 bits per heavy atom. The van der Waals surface area contributed by atoms with E-state index in [2.05, 4.69) is 23.2 Å². The zero-order valence-electron chi connectivity index (χ0n) is 11.6. The van der Waals surface area contributed by atoms with E-state index in [1.54, 1.807) is 0 Å². The molecule has 98 valence electrons. The van der Waals surface area contributed by atoms with Crippen molar-refractivity contribution in [2.45, 2.75) is 52.5 Å². The first kappa shape index (κ1) is 14.5. The summed E-state index contributed by atoms with van der Waals surface area (Å²) in [5, 5.41) is 12.6. The molecule has 1 aliphatic heterocycles. The van der Waals surface area contributed by atoms with E-state index in [9.17, 15) is 0 Å². The molecule has 0 spiro atoms. The van der Waals surface area contributed by atoms with Gasteiger partial charge in [0.2, 0.25) is 0 Å². The molecule has 1 unspecified atom stereocenters. The molecule has 0 radical (unpaired) electrons. The third kappa shape index (κ3) is 5.52. The number of piperidine rings is 1. The van der Waals surface area contributed by atoms with Crippen molar-refractivity contribution in [1.29, 1.82) is 5.26 Å². The van der Waals surface area contributed by atoms with Crippen LogP contribution in [0.1, 0.15) is 46.5 Å². The highest BCUT2D eigenvalue weighted by molar-refractivity contribution is 4.92. The van der Waals surface area contributed by atoms with Crippen molar-refractivity contribution in [1.82, 2.24) is 10.2 Å². The fourth-order valence-corrected chi connectivity index (χ4v) is 2.26. The molecule has 0 aliphatic carbocycles. The fraction of sp³-hybridized carbons (Fsp3) is 0.929. The van der Waals surface area contributed by atoms with Crippen LogP contribution in [0.3, 0.4) is 0 Å². The maximum absolute atomic E-state index is 9.02. The van der Waals surface area contributed by atoms with Crippen LogP contribution >= 0.6 is 0 Å². The summed E-state index contributed by atoms with van der Waals surface area (Å²) in [5.41, 5.74) is -0.187. The first-order valence-corrected chi connectivity index (χ1v) is 6.94. The summed E-state index contributed by atoms with van der Waals surface area (Å²) in [6, 6.07) is 3.04. The summed E-state index contributed by atoms with van der Waals surface area (Å²) in [6.07, 6.45) is 4.95. The highest BCUT2D eigenvalue weighted by Crippen LogP contribution is 2.19. The summed E-state index contributed by atoms with van der Waals surface area (Å²) in [6.45, 7) is 10.7. The largest absolute Gasteiger partial charge is 0.313 e. The van der Waals surface area contributed by atoms with Crippen molar-refractivity contribution < 1.29 is 0 Å². The van der Waals surface area contributed by atoms with Crippen molar-refractivity contribution in [3.05, 3.63) is 0 Å². The molecule has 0 amide bonds. The summed E-state index contributed by atoms with van der Waals surface area (Å²) < 4.78 is 0. The van der Waals surface area contributed by atoms with Crippen molar-refractivity contribution in [3.8, 4) is 6.07 Å². The first-order valence-electron chi connectivity index (χ1n) is 6.94. The molecule has 1 aliphatic rings. The van der Waals surface area contributed by atoms with Gasteiger partial charge in [-0.3, -0.25) is 0 Å². The van der Waals surface area contributed by atoms with Gasteiger partial charge in [-0.05, 0) is 52.7 Å². The Hall–Kier alpha value is -0.590. The van der Waals surface area contributed by atoms with Crippen molar-refractivity contribution >= 4 is 0 Å². The average Bonchev–Trinajstić information content (AvgIpc) is 2.35. The average molecular weight is 237 g/mol. The summed E-state index contributed by atoms with van der Waals surface area (Å²) in [7, 11) is 0. The second kappa shape index (κ2) is 6.98. The van der Waals surface area contributed by atoms with Gasteiger partial charge in [0.15, 0.2) is 0 Å². The van der Waals surface area contributed by atoms with Gasteiger partial charge in [0, 0.05) is 12.6 Å². The van der Waals surface area contributed by atoms with Crippen LogP contribution in [0.4, 0.5) is 0 Å². The number of rotatable bonds is 6. The number of nitriles is 1. The lowest BCUT2D eigenvalue weighted by Crippen LogP contribution is -2.44. The lowest BCUT2D eigenvalue weighted by Gasteiger charge is -2.31. The quantitative estimate of drug-likeness (QED) is 0.771. The van der Waals surface area contributed by atoms with Gasteiger partial charge in [-0.1, -0.05) is 13.3 Å². The van der Waals surface area contributed by atoms with Crippen LogP contribution in [0.25, 0.3) is 0 Å². The van der Waals surface area contributed by atoms with Gasteiger partial charge in [-0.25, -0.2) is 0 Å². The Labute approximate surface area is 106 Å². The highest BCUT2D eigenvalue weighted by atomic mass is 15.1. The van der Waals surface area contributed by atoms with Gasteiger partial charge in [-0.2, -0.15) is 5.26 Å². The smallest absolute Gasteiger partial charge is 0.0684 e. The van der Waals surface area contributed by atoms with Gasteiger partial charge in [-0.15, -0.1) is 0 Å². The molecule has 1 atom stereocenters. The summed E-state index contributed by atoms with van der Waals surface area (Å²) in [4.78, 5) is 2.47. The zero-order chi connectivity index (χ0) is 12.7. The number of likely N-dealkylation sites (N-methyl/N-ethyl adjacent to an activating group) is 1. The third-order valence-corrected chi connectivity index (χ3v) is 3.69. The Morgan fingerprint density at radius 3 is 2.71 bits per heavy atom. The number of nitrogens with one attached hydrogen (secondary N) is 1. The molecule has 1 saturated heterocycles. The van der Waals surface area contributed by atoms with Gasteiger partial charge in [0.1, 0.15) is 0 Å². The van der Waals surface area contributed by atoms with Crippen LogP contribution < -0.4 is 5.32 Å². The molecule has 1 fully saturated rings. The highest BCUT2D eigenvalue weighted by Gasteiger charge is 2.20. The van der Waals surface area contributed by atoms with Crippen molar-refractivity contribution in [2.75, 3.05) is 26.2 Å². The SMILES string of the molecule is CCN(CCC(C)(C)C#N)CC1CCCCN1. The molecule has 3 nitrogen and oxygen atoms in total. The first-order chi connectivity index (χ1) is 8.07. The molecule has 0 saturated carbocycles. The summed E-state index contributed by atoms with van der Waals surface area (Å²) >= 11 is 0. The molecule has 17 heavy (non-hydrogen) atoms. The molecule has 0 bridgehead atoms. The standard InChI is InChI=1S/C14H27N3/c1-4-17(10-8-14(2,3)12-15)11-13-7-5-6-9-16-13/h13,16H,4-11H2,1-3H3. The fourth-order valence-electron chi connectivity index (χ4n) is 2.26. The monoisotopic (exact) mass is 237 g/mol. The van der Waals surface area contributed by atoms with E-state index in [1.165, 1.54) is 25.8 Å². The maximum Gasteiger partial charge on any atom is 0.0684 e. The predicted molar refractivity (Wildman–Crippen MR) is 71.8 cm³/mol. The van der Waals surface area contributed by atoms with E-state index in [0.29, 0.717) is 6.04 Å². The third-order valence-electron chi connectivity index (χ3n) is 3.69. The lowest BCUT2D eigenvalue weighted by molar-refractivity contribution is 0.213. The molecular weight excluding hydrogens is 210 g/mol. The van der Waals surface area contributed by atoms with Crippen LogP contribution in [-0.4, -0.2) is 37.1 Å². The Morgan fingerprint density at radius 1 is 1.41 bits per heavy atom.